The fourth-order valence-corrected chi connectivity index (χ4v) is 2.27. The molecule has 0 aliphatic carbocycles. The molecule has 0 bridgehead atoms. The first kappa shape index (κ1) is 18.2. The van der Waals surface area contributed by atoms with E-state index in [1.807, 2.05) is 6.92 Å². The summed E-state index contributed by atoms with van der Waals surface area (Å²) in [5.74, 6) is 0.0904. The van der Waals surface area contributed by atoms with Crippen molar-refractivity contribution < 1.29 is 19.0 Å². The topological polar surface area (TPSA) is 115 Å². The van der Waals surface area contributed by atoms with Gasteiger partial charge in [-0.15, -0.1) is 0 Å². The number of benzene rings is 1. The maximum atomic E-state index is 12.9. The second kappa shape index (κ2) is 8.21. The fourth-order valence-electron chi connectivity index (χ4n) is 2.27. The Morgan fingerprint density at radius 3 is 2.59 bits per heavy atom. The van der Waals surface area contributed by atoms with Gasteiger partial charge in [0.05, 0.1) is 5.56 Å². The van der Waals surface area contributed by atoms with Crippen molar-refractivity contribution in [2.45, 2.75) is 20.1 Å². The van der Waals surface area contributed by atoms with Gasteiger partial charge in [-0.2, -0.15) is 5.10 Å². The zero-order valence-electron chi connectivity index (χ0n) is 14.5. The van der Waals surface area contributed by atoms with Gasteiger partial charge in [0.2, 0.25) is 5.95 Å². The minimum Gasteiger partial charge on any atom is -0.486 e. The third-order valence-electron chi connectivity index (χ3n) is 3.43. The summed E-state index contributed by atoms with van der Waals surface area (Å²) in [5, 5.41) is 16.2. The molecule has 3 aromatic rings. The molecule has 2 heterocycles. The van der Waals surface area contributed by atoms with E-state index in [0.717, 1.165) is 0 Å². The molecule has 0 aliphatic rings. The van der Waals surface area contributed by atoms with Crippen LogP contribution in [0.4, 0.5) is 10.3 Å². The highest BCUT2D eigenvalue weighted by atomic mass is 19.1. The molecule has 0 atom stereocenters. The first-order valence-electron chi connectivity index (χ1n) is 8.15. The van der Waals surface area contributed by atoms with Crippen molar-refractivity contribution in [2.75, 3.05) is 11.9 Å². The highest BCUT2D eigenvalue weighted by molar-refractivity contribution is 5.67. The monoisotopic (exact) mass is 372 g/mol. The highest BCUT2D eigenvalue weighted by Crippen LogP contribution is 2.18. The predicted molar refractivity (Wildman–Crippen MR) is 93.6 cm³/mol. The lowest BCUT2D eigenvalue weighted by atomic mass is 10.3. The van der Waals surface area contributed by atoms with Crippen molar-refractivity contribution >= 4 is 11.9 Å². The van der Waals surface area contributed by atoms with Gasteiger partial charge in [-0.25, -0.2) is 24.0 Å². The molecule has 0 spiro atoms. The standard InChI is InChI=1S/C17H17FN6O3/c1-2-19-17-20-7-11(8-21-17)16-22-14(23-24(16)9-15(25)26)10-27-13-5-3-12(18)4-6-13/h3-8H,2,9-10H2,1H3,(H,25,26)(H,19,20,21). The number of anilines is 1. The van der Waals surface area contributed by atoms with Gasteiger partial charge >= 0.3 is 5.97 Å². The molecule has 2 aromatic heterocycles. The van der Waals surface area contributed by atoms with E-state index in [-0.39, 0.29) is 24.8 Å². The SMILES string of the molecule is CCNc1ncc(-c2nc(COc3ccc(F)cc3)nn2CC(=O)O)cn1. The largest absolute Gasteiger partial charge is 0.486 e. The van der Waals surface area contributed by atoms with Gasteiger partial charge < -0.3 is 15.2 Å². The van der Waals surface area contributed by atoms with E-state index in [1.165, 1.54) is 41.3 Å². The number of nitrogens with one attached hydrogen (secondary N) is 1. The van der Waals surface area contributed by atoms with E-state index >= 15 is 0 Å². The second-order valence-electron chi connectivity index (χ2n) is 5.47. The molecule has 0 amide bonds. The maximum absolute atomic E-state index is 12.9. The van der Waals surface area contributed by atoms with E-state index in [4.69, 9.17) is 9.84 Å². The molecule has 2 N–H and O–H groups in total. The quantitative estimate of drug-likeness (QED) is 0.617. The van der Waals surface area contributed by atoms with Crippen LogP contribution < -0.4 is 10.1 Å². The van der Waals surface area contributed by atoms with Gasteiger partial charge in [-0.05, 0) is 31.2 Å². The molecule has 0 saturated carbocycles. The Kier molecular flexibility index (Phi) is 5.55. The lowest BCUT2D eigenvalue weighted by molar-refractivity contribution is -0.137. The number of carbonyl (C=O) groups is 1. The third kappa shape index (κ3) is 4.75. The van der Waals surface area contributed by atoms with Crippen LogP contribution in [0.5, 0.6) is 5.75 Å². The van der Waals surface area contributed by atoms with E-state index in [1.54, 1.807) is 0 Å². The van der Waals surface area contributed by atoms with Gasteiger partial charge in [0.1, 0.15) is 24.7 Å². The summed E-state index contributed by atoms with van der Waals surface area (Å²) >= 11 is 0. The maximum Gasteiger partial charge on any atom is 0.325 e. The molecule has 0 aliphatic heterocycles. The number of carboxylic acid groups (broad SMARTS) is 1. The summed E-state index contributed by atoms with van der Waals surface area (Å²) in [4.78, 5) is 23.8. The van der Waals surface area contributed by atoms with Crippen molar-refractivity contribution in [1.29, 1.82) is 0 Å². The normalized spacial score (nSPS) is 10.6. The first-order chi connectivity index (χ1) is 13.0. The minimum absolute atomic E-state index is 0.00157. The number of ether oxygens (including phenoxy) is 1. The van der Waals surface area contributed by atoms with Crippen LogP contribution >= 0.6 is 0 Å². The van der Waals surface area contributed by atoms with Crippen molar-refractivity contribution in [3.8, 4) is 17.1 Å². The Balaban J connectivity index is 1.81. The van der Waals surface area contributed by atoms with Crippen LogP contribution in [-0.4, -0.2) is 42.4 Å². The van der Waals surface area contributed by atoms with Crippen LogP contribution in [0.2, 0.25) is 0 Å². The fraction of sp³-hybridized carbons (Fsp3) is 0.235. The lowest BCUT2D eigenvalue weighted by Gasteiger charge is -2.04. The van der Waals surface area contributed by atoms with Crippen LogP contribution in [0.3, 0.4) is 0 Å². The number of aromatic nitrogens is 5. The molecule has 0 radical (unpaired) electrons. The number of hydrogen-bond donors (Lipinski definition) is 2. The van der Waals surface area contributed by atoms with Gasteiger partial charge in [0, 0.05) is 18.9 Å². The minimum atomic E-state index is -1.06. The van der Waals surface area contributed by atoms with E-state index in [9.17, 15) is 9.18 Å². The van der Waals surface area contributed by atoms with Crippen LogP contribution in [0.1, 0.15) is 12.7 Å². The van der Waals surface area contributed by atoms with Crippen molar-refractivity contribution in [3.63, 3.8) is 0 Å². The molecule has 0 unspecified atom stereocenters. The number of rotatable bonds is 8. The number of nitrogens with zero attached hydrogens (tertiary/aromatic N) is 5. The Morgan fingerprint density at radius 2 is 1.96 bits per heavy atom. The number of hydrogen-bond acceptors (Lipinski definition) is 7. The van der Waals surface area contributed by atoms with E-state index in [0.29, 0.717) is 29.6 Å². The van der Waals surface area contributed by atoms with Crippen LogP contribution in [0, 0.1) is 5.82 Å². The summed E-state index contributed by atoms with van der Waals surface area (Å²) < 4.78 is 19.7. The lowest BCUT2D eigenvalue weighted by Crippen LogP contribution is -2.12. The zero-order chi connectivity index (χ0) is 19.2. The summed E-state index contributed by atoms with van der Waals surface area (Å²) in [5.41, 5.74) is 0.526. The van der Waals surface area contributed by atoms with Gasteiger partial charge in [-0.1, -0.05) is 0 Å². The summed E-state index contributed by atoms with van der Waals surface area (Å²) in [7, 11) is 0. The predicted octanol–water partition coefficient (Wildman–Crippen LogP) is 1.97. The van der Waals surface area contributed by atoms with Crippen LogP contribution in [0.25, 0.3) is 11.4 Å². The third-order valence-corrected chi connectivity index (χ3v) is 3.43. The Labute approximate surface area is 153 Å². The molecule has 0 fully saturated rings. The summed E-state index contributed by atoms with van der Waals surface area (Å²) in [6.07, 6.45) is 3.08. The molecule has 3 rings (SSSR count). The Hall–Kier alpha value is -3.56. The summed E-state index contributed by atoms with van der Waals surface area (Å²) in [6.45, 7) is 2.24. The molecule has 1 aromatic carbocycles. The zero-order valence-corrected chi connectivity index (χ0v) is 14.5. The molecular formula is C17H17FN6O3. The van der Waals surface area contributed by atoms with Gasteiger partial charge in [0.15, 0.2) is 11.6 Å². The molecule has 27 heavy (non-hydrogen) atoms. The van der Waals surface area contributed by atoms with Crippen molar-refractivity contribution in [2.24, 2.45) is 0 Å². The summed E-state index contributed by atoms with van der Waals surface area (Å²) in [6, 6.07) is 5.52. The number of aliphatic carboxylic acids is 1. The van der Waals surface area contributed by atoms with Crippen LogP contribution in [-0.2, 0) is 17.9 Å². The Morgan fingerprint density at radius 1 is 1.26 bits per heavy atom. The van der Waals surface area contributed by atoms with Gasteiger partial charge in [-0.3, -0.25) is 4.79 Å². The van der Waals surface area contributed by atoms with E-state index < -0.39 is 5.97 Å². The van der Waals surface area contributed by atoms with Gasteiger partial charge in [0.25, 0.3) is 0 Å². The number of carboxylic acids is 1. The van der Waals surface area contributed by atoms with Crippen molar-refractivity contribution in [1.82, 2.24) is 24.7 Å². The average Bonchev–Trinajstić information content (AvgIpc) is 3.04. The first-order valence-corrected chi connectivity index (χ1v) is 8.15. The average molecular weight is 372 g/mol. The molecular weight excluding hydrogens is 355 g/mol. The second-order valence-corrected chi connectivity index (χ2v) is 5.47. The number of halogens is 1. The van der Waals surface area contributed by atoms with Crippen molar-refractivity contribution in [3.05, 3.63) is 48.3 Å². The van der Waals surface area contributed by atoms with Crippen LogP contribution in [0.15, 0.2) is 36.7 Å². The smallest absolute Gasteiger partial charge is 0.325 e. The molecule has 10 heteroatoms. The van der Waals surface area contributed by atoms with E-state index in [2.05, 4.69) is 25.4 Å². The molecule has 140 valence electrons. The highest BCUT2D eigenvalue weighted by Gasteiger charge is 2.16. The Bertz CT molecular complexity index is 911. The molecule has 0 saturated heterocycles. The molecule has 9 nitrogen and oxygen atoms in total.